The third kappa shape index (κ3) is 3.18. The topological polar surface area (TPSA) is 49.7 Å². The molecule has 0 saturated carbocycles. The average Bonchev–Trinajstić information content (AvgIpc) is 3.41. The number of fused-ring (bicyclic) bond motifs is 1. The zero-order valence-electron chi connectivity index (χ0n) is 17.0. The maximum atomic E-state index is 13.5. The van der Waals surface area contributed by atoms with E-state index in [0.717, 1.165) is 65.2 Å². The van der Waals surface area contributed by atoms with Gasteiger partial charge in [-0.1, -0.05) is 6.58 Å². The number of allylic oxidation sites excluding steroid dienone is 1. The second kappa shape index (κ2) is 7.44. The molecular weight excluding hydrogens is 377 g/mol. The number of nitrogens with zero attached hydrogens (tertiary/aromatic N) is 4. The summed E-state index contributed by atoms with van der Waals surface area (Å²) in [4.78, 5) is 14.8. The van der Waals surface area contributed by atoms with Gasteiger partial charge in [-0.05, 0) is 56.2 Å². The quantitative estimate of drug-likeness (QED) is 0.498. The SMILES string of the molecule is C=C(C)N1CCC(n2cnc(-c3ccc(F)cc3)c2-c2ccnc3[nH]ccc23)CC1. The van der Waals surface area contributed by atoms with Crippen LogP contribution in [0.25, 0.3) is 33.5 Å². The number of rotatable bonds is 4. The van der Waals surface area contributed by atoms with Gasteiger partial charge in [0, 0.05) is 53.7 Å². The molecule has 1 N–H and O–H groups in total. The molecule has 0 bridgehead atoms. The normalized spacial score (nSPS) is 15.1. The van der Waals surface area contributed by atoms with Gasteiger partial charge >= 0.3 is 0 Å². The van der Waals surface area contributed by atoms with Crippen molar-refractivity contribution in [2.24, 2.45) is 0 Å². The van der Waals surface area contributed by atoms with Crippen LogP contribution in [0.4, 0.5) is 4.39 Å². The molecule has 30 heavy (non-hydrogen) atoms. The minimum atomic E-state index is -0.246. The van der Waals surface area contributed by atoms with Crippen molar-refractivity contribution in [2.75, 3.05) is 13.1 Å². The summed E-state index contributed by atoms with van der Waals surface area (Å²) in [7, 11) is 0. The van der Waals surface area contributed by atoms with Crippen LogP contribution in [0.3, 0.4) is 0 Å². The van der Waals surface area contributed by atoms with Crippen LogP contribution in [0.2, 0.25) is 0 Å². The molecule has 6 heteroatoms. The molecule has 1 fully saturated rings. The second-order valence-electron chi connectivity index (χ2n) is 7.91. The zero-order chi connectivity index (χ0) is 20.7. The number of benzene rings is 1. The number of imidazole rings is 1. The van der Waals surface area contributed by atoms with Gasteiger partial charge < -0.3 is 14.5 Å². The van der Waals surface area contributed by atoms with Gasteiger partial charge in [0.25, 0.3) is 0 Å². The van der Waals surface area contributed by atoms with Crippen molar-refractivity contribution in [1.29, 1.82) is 0 Å². The fraction of sp³-hybridized carbons (Fsp3) is 0.250. The van der Waals surface area contributed by atoms with E-state index in [1.54, 1.807) is 12.1 Å². The predicted molar refractivity (Wildman–Crippen MR) is 117 cm³/mol. The molecule has 0 spiro atoms. The minimum absolute atomic E-state index is 0.246. The van der Waals surface area contributed by atoms with E-state index in [0.29, 0.717) is 6.04 Å². The molecule has 0 amide bonds. The highest BCUT2D eigenvalue weighted by Crippen LogP contribution is 2.38. The van der Waals surface area contributed by atoms with Crippen molar-refractivity contribution in [3.05, 3.63) is 73.2 Å². The highest BCUT2D eigenvalue weighted by molar-refractivity contribution is 5.95. The molecule has 0 aliphatic carbocycles. The summed E-state index contributed by atoms with van der Waals surface area (Å²) in [6, 6.07) is 11.0. The summed E-state index contributed by atoms with van der Waals surface area (Å²) in [6.45, 7) is 8.12. The molecular formula is C24H24FN5. The van der Waals surface area contributed by atoms with E-state index >= 15 is 0 Å². The lowest BCUT2D eigenvalue weighted by Gasteiger charge is -2.35. The van der Waals surface area contributed by atoms with E-state index in [9.17, 15) is 4.39 Å². The number of hydrogen-bond donors (Lipinski definition) is 1. The number of aromatic amines is 1. The highest BCUT2D eigenvalue weighted by atomic mass is 19.1. The molecule has 0 atom stereocenters. The monoisotopic (exact) mass is 401 g/mol. The van der Waals surface area contributed by atoms with E-state index in [1.165, 1.54) is 12.1 Å². The van der Waals surface area contributed by atoms with E-state index in [2.05, 4.69) is 32.9 Å². The first kappa shape index (κ1) is 18.6. The largest absolute Gasteiger partial charge is 0.375 e. The number of pyridine rings is 1. The Hall–Kier alpha value is -3.41. The molecule has 0 unspecified atom stereocenters. The Morgan fingerprint density at radius 2 is 1.87 bits per heavy atom. The third-order valence-corrected chi connectivity index (χ3v) is 6.02. The van der Waals surface area contributed by atoms with E-state index in [1.807, 2.05) is 30.9 Å². The first-order valence-corrected chi connectivity index (χ1v) is 10.3. The van der Waals surface area contributed by atoms with E-state index in [4.69, 9.17) is 4.98 Å². The molecule has 0 radical (unpaired) electrons. The summed E-state index contributed by atoms with van der Waals surface area (Å²) >= 11 is 0. The van der Waals surface area contributed by atoms with Gasteiger partial charge in [0.1, 0.15) is 11.5 Å². The lowest BCUT2D eigenvalue weighted by atomic mass is 10.00. The van der Waals surface area contributed by atoms with Gasteiger partial charge in [-0.2, -0.15) is 0 Å². The molecule has 3 aromatic heterocycles. The number of piperidine rings is 1. The molecule has 4 heterocycles. The van der Waals surface area contributed by atoms with Crippen molar-refractivity contribution < 1.29 is 4.39 Å². The smallest absolute Gasteiger partial charge is 0.137 e. The van der Waals surface area contributed by atoms with Crippen molar-refractivity contribution in [2.45, 2.75) is 25.8 Å². The fourth-order valence-electron chi connectivity index (χ4n) is 4.42. The first-order chi connectivity index (χ1) is 14.6. The van der Waals surface area contributed by atoms with E-state index in [-0.39, 0.29) is 5.82 Å². The summed E-state index contributed by atoms with van der Waals surface area (Å²) in [5.41, 5.74) is 5.88. The van der Waals surface area contributed by atoms with Crippen LogP contribution in [0.5, 0.6) is 0 Å². The van der Waals surface area contributed by atoms with Crippen LogP contribution < -0.4 is 0 Å². The number of halogens is 1. The van der Waals surface area contributed by atoms with Gasteiger partial charge in [0.15, 0.2) is 0 Å². The van der Waals surface area contributed by atoms with Crippen LogP contribution in [0, 0.1) is 5.82 Å². The van der Waals surface area contributed by atoms with Crippen LogP contribution in [-0.4, -0.2) is 37.5 Å². The summed E-state index contributed by atoms with van der Waals surface area (Å²) in [6.07, 6.45) is 7.73. The van der Waals surface area contributed by atoms with Gasteiger partial charge in [-0.15, -0.1) is 0 Å². The number of nitrogens with one attached hydrogen (secondary N) is 1. The fourth-order valence-corrected chi connectivity index (χ4v) is 4.42. The third-order valence-electron chi connectivity index (χ3n) is 6.02. The molecule has 1 aromatic carbocycles. The van der Waals surface area contributed by atoms with Gasteiger partial charge in [0.05, 0.1) is 17.7 Å². The van der Waals surface area contributed by atoms with Crippen molar-refractivity contribution in [3.63, 3.8) is 0 Å². The van der Waals surface area contributed by atoms with Crippen molar-refractivity contribution >= 4 is 11.0 Å². The van der Waals surface area contributed by atoms with Crippen molar-refractivity contribution in [1.82, 2.24) is 24.4 Å². The lowest BCUT2D eigenvalue weighted by Crippen LogP contribution is -2.33. The Labute approximate surface area is 174 Å². The Morgan fingerprint density at radius 3 is 2.60 bits per heavy atom. The summed E-state index contributed by atoms with van der Waals surface area (Å²) in [5, 5.41) is 1.06. The van der Waals surface area contributed by atoms with Crippen molar-refractivity contribution in [3.8, 4) is 22.5 Å². The minimum Gasteiger partial charge on any atom is -0.375 e. The number of H-pyrrole nitrogens is 1. The first-order valence-electron chi connectivity index (χ1n) is 10.3. The van der Waals surface area contributed by atoms with Crippen LogP contribution in [0.1, 0.15) is 25.8 Å². The standard InChI is InChI=1S/C24H24FN5/c1-16(2)29-13-9-19(10-14-29)30-15-28-22(17-3-5-18(25)6-4-17)23(30)20-7-11-26-24-21(20)8-12-27-24/h3-8,11-12,15,19H,1,9-10,13-14H2,2H3,(H,26,27). The number of aromatic nitrogens is 4. The summed E-state index contributed by atoms with van der Waals surface area (Å²) < 4.78 is 15.8. The molecule has 1 saturated heterocycles. The Morgan fingerprint density at radius 1 is 1.10 bits per heavy atom. The Bertz CT molecular complexity index is 1200. The van der Waals surface area contributed by atoms with Gasteiger partial charge in [-0.25, -0.2) is 14.4 Å². The molecule has 5 nitrogen and oxygen atoms in total. The maximum Gasteiger partial charge on any atom is 0.137 e. The summed E-state index contributed by atoms with van der Waals surface area (Å²) in [5.74, 6) is -0.246. The van der Waals surface area contributed by atoms with Crippen LogP contribution >= 0.6 is 0 Å². The zero-order valence-corrected chi connectivity index (χ0v) is 17.0. The molecule has 152 valence electrons. The average molecular weight is 401 g/mol. The number of likely N-dealkylation sites (tertiary alicyclic amines) is 1. The maximum absolute atomic E-state index is 13.5. The molecule has 5 rings (SSSR count). The highest BCUT2D eigenvalue weighted by Gasteiger charge is 2.26. The van der Waals surface area contributed by atoms with Gasteiger partial charge in [-0.3, -0.25) is 0 Å². The lowest BCUT2D eigenvalue weighted by molar-refractivity contribution is 0.230. The van der Waals surface area contributed by atoms with Gasteiger partial charge in [0.2, 0.25) is 0 Å². The molecule has 1 aliphatic heterocycles. The van der Waals surface area contributed by atoms with Crippen LogP contribution in [0.15, 0.2) is 67.4 Å². The second-order valence-corrected chi connectivity index (χ2v) is 7.91. The predicted octanol–water partition coefficient (Wildman–Crippen LogP) is 5.40. The molecule has 1 aliphatic rings. The van der Waals surface area contributed by atoms with E-state index < -0.39 is 0 Å². The number of hydrogen-bond acceptors (Lipinski definition) is 3. The Balaban J connectivity index is 1.64. The van der Waals surface area contributed by atoms with Crippen LogP contribution in [-0.2, 0) is 0 Å². The Kier molecular flexibility index (Phi) is 4.62. The molecule has 4 aromatic rings.